The lowest BCUT2D eigenvalue weighted by Crippen LogP contribution is -2.41. The zero-order chi connectivity index (χ0) is 56.7. The summed E-state index contributed by atoms with van der Waals surface area (Å²) in [6.07, 6.45) is 0. The predicted octanol–water partition coefficient (Wildman–Crippen LogP) is 17.5. The van der Waals surface area contributed by atoms with Crippen LogP contribution in [-0.4, -0.2) is 63.9 Å². The monoisotopic (exact) mass is 1160 g/mol. The largest absolute Gasteiger partial charge is 0.494 e. The van der Waals surface area contributed by atoms with Gasteiger partial charge >= 0.3 is 21.1 Å². The van der Waals surface area contributed by atoms with E-state index in [9.17, 15) is 0 Å². The van der Waals surface area contributed by atoms with Crippen LogP contribution >= 0.6 is 39.1 Å². The Labute approximate surface area is 490 Å². The number of benzene rings is 8. The summed E-state index contributed by atoms with van der Waals surface area (Å²) in [6, 6.07) is 63.2. The van der Waals surface area contributed by atoms with Gasteiger partial charge < -0.3 is 37.1 Å². The highest BCUT2D eigenvalue weighted by atomic mass is 79.9. The van der Waals surface area contributed by atoms with Gasteiger partial charge in [-0.25, -0.2) is 0 Å². The highest BCUT2D eigenvalue weighted by Gasteiger charge is 2.63. The first kappa shape index (κ1) is 56.2. The molecule has 0 unspecified atom stereocenters. The number of nitrogens with zero attached hydrogens (tertiary/aromatic N) is 2. The Morgan fingerprint density at radius 1 is 0.350 bits per heavy atom. The van der Waals surface area contributed by atoms with Crippen molar-refractivity contribution in [2.45, 2.75) is 117 Å². The third-order valence-electron chi connectivity index (χ3n) is 17.2. The normalized spacial score (nSPS) is 18.4. The maximum atomic E-state index is 6.79. The minimum absolute atomic E-state index is 0.360. The van der Waals surface area contributed by atoms with E-state index >= 15 is 0 Å². The smallest absolute Gasteiger partial charge is 0.405 e. The second-order valence-electron chi connectivity index (χ2n) is 24.0. The average molecular weight is 1170 g/mol. The van der Waals surface area contributed by atoms with Gasteiger partial charge in [0.1, 0.15) is 0 Å². The summed E-state index contributed by atoms with van der Waals surface area (Å²) in [5, 5.41) is 5.86. The first-order valence-corrected chi connectivity index (χ1v) is 28.9. The highest BCUT2D eigenvalue weighted by molar-refractivity contribution is 9.10. The summed E-state index contributed by atoms with van der Waals surface area (Å²) in [6.45, 7) is 24.5. The molecule has 406 valence electrons. The van der Waals surface area contributed by atoms with E-state index in [-0.39, 0.29) is 22.4 Å². The fourth-order valence-electron chi connectivity index (χ4n) is 10.6. The van der Waals surface area contributed by atoms with E-state index in [0.29, 0.717) is 0 Å². The first-order valence-electron chi connectivity index (χ1n) is 27.3. The number of halogens is 3. The lowest BCUT2D eigenvalue weighted by Gasteiger charge is -2.32. The Kier molecular flexibility index (Phi) is 14.7. The number of rotatable bonds is 6. The van der Waals surface area contributed by atoms with Gasteiger partial charge in [-0.1, -0.05) is 148 Å². The van der Waals surface area contributed by atoms with Crippen LogP contribution < -0.4 is 5.46 Å². The number of aromatic nitrogens is 2. The maximum absolute atomic E-state index is 6.79. The summed E-state index contributed by atoms with van der Waals surface area (Å²) >= 11 is 17.0. The summed E-state index contributed by atoms with van der Waals surface area (Å²) in [7, 11) is -1.38. The van der Waals surface area contributed by atoms with Crippen molar-refractivity contribution in [2.75, 3.05) is 0 Å². The van der Waals surface area contributed by atoms with Crippen LogP contribution in [0, 0.1) is 0 Å². The third kappa shape index (κ3) is 10.3. The van der Waals surface area contributed by atoms with Crippen molar-refractivity contribution in [2.24, 2.45) is 0 Å². The first-order chi connectivity index (χ1) is 37.9. The maximum Gasteiger partial charge on any atom is 0.494 e. The topological polar surface area (TPSA) is 65.2 Å². The van der Waals surface area contributed by atoms with E-state index in [2.05, 4.69) is 198 Å². The summed E-state index contributed by atoms with van der Waals surface area (Å²) in [5.41, 5.74) is 10.2. The summed E-state index contributed by atoms with van der Waals surface area (Å²) in [5.74, 6) is 0. The van der Waals surface area contributed by atoms with Gasteiger partial charge in [0.25, 0.3) is 0 Å². The van der Waals surface area contributed by atoms with Gasteiger partial charge in [0, 0.05) is 37.4 Å². The standard InChI is InChI=1S/C30H27BClNO2.C24H15BrClN.C12H24B2O4/c1-29(2)30(3,4)35-31(34-29)22-16-17-26-24(19-22)28-25(32)14-9-15-27(28)33(26)23-13-8-12-21(18-23)20-10-6-5-7-11-20;25-18-12-13-22-20(15-18)24-21(26)10-5-11-23(24)27(22)19-9-4-8-17(14-19)16-6-2-1-3-7-16;1-9(2)10(3,4)16-13(15-9)14-17-11(5,6)12(7,8)18-14/h5-19H,1-4H3;1-15H;1-8H3. The minimum Gasteiger partial charge on any atom is -0.405 e. The molecule has 0 bridgehead atoms. The lowest BCUT2D eigenvalue weighted by molar-refractivity contribution is 0.00578. The third-order valence-corrected chi connectivity index (χ3v) is 18.3. The van der Waals surface area contributed by atoms with Gasteiger partial charge in [0.05, 0.1) is 65.7 Å². The Hall–Kier alpha value is -5.63. The van der Waals surface area contributed by atoms with E-state index in [0.717, 1.165) is 75.0 Å². The molecule has 3 aliphatic heterocycles. The van der Waals surface area contributed by atoms with E-state index in [4.69, 9.17) is 51.1 Å². The molecule has 3 aliphatic rings. The van der Waals surface area contributed by atoms with Gasteiger partial charge in [-0.15, -0.1) is 0 Å². The predicted molar refractivity (Wildman–Crippen MR) is 338 cm³/mol. The Morgan fingerprint density at radius 3 is 1.14 bits per heavy atom. The van der Waals surface area contributed by atoms with Crippen molar-refractivity contribution >= 4 is 109 Å². The molecule has 0 N–H and O–H groups in total. The van der Waals surface area contributed by atoms with Crippen LogP contribution in [0.5, 0.6) is 0 Å². The van der Waals surface area contributed by atoms with Crippen LogP contribution in [0.2, 0.25) is 10.0 Å². The van der Waals surface area contributed by atoms with Crippen LogP contribution in [0.1, 0.15) is 83.1 Å². The molecule has 8 nitrogen and oxygen atoms in total. The van der Waals surface area contributed by atoms with Crippen molar-refractivity contribution in [1.29, 1.82) is 0 Å². The fourth-order valence-corrected chi connectivity index (χ4v) is 11.5. The van der Waals surface area contributed by atoms with Gasteiger partial charge in [-0.3, -0.25) is 0 Å². The molecule has 0 spiro atoms. The molecule has 0 radical (unpaired) electrons. The minimum atomic E-state index is -0.476. The van der Waals surface area contributed by atoms with E-state index in [1.165, 1.54) is 22.3 Å². The van der Waals surface area contributed by atoms with Gasteiger partial charge in [-0.05, 0) is 184 Å². The molecule has 0 saturated carbocycles. The molecule has 3 fully saturated rings. The quantitative estimate of drug-likeness (QED) is 0.155. The molecule has 80 heavy (non-hydrogen) atoms. The van der Waals surface area contributed by atoms with Gasteiger partial charge in [0.2, 0.25) is 0 Å². The molecular formula is C66H66B3BrCl2N2O6. The Balaban J connectivity index is 0.000000134. The Morgan fingerprint density at radius 2 is 0.713 bits per heavy atom. The molecule has 2 aromatic heterocycles. The van der Waals surface area contributed by atoms with E-state index < -0.39 is 32.3 Å². The number of hydrogen-bond acceptors (Lipinski definition) is 6. The van der Waals surface area contributed by atoms with Crippen molar-refractivity contribution in [3.05, 3.63) is 197 Å². The molecule has 8 aromatic carbocycles. The van der Waals surface area contributed by atoms with E-state index in [1.54, 1.807) is 0 Å². The van der Waals surface area contributed by atoms with Crippen molar-refractivity contribution in [3.63, 3.8) is 0 Å². The van der Waals surface area contributed by atoms with Crippen LogP contribution in [-0.2, 0) is 27.9 Å². The number of fused-ring (bicyclic) bond motifs is 6. The summed E-state index contributed by atoms with van der Waals surface area (Å²) in [4.78, 5) is 0. The molecular weight excluding hydrogens is 1100 g/mol. The zero-order valence-corrected chi connectivity index (χ0v) is 50.6. The van der Waals surface area contributed by atoms with Crippen LogP contribution in [0.4, 0.5) is 0 Å². The van der Waals surface area contributed by atoms with Gasteiger partial charge in [0.15, 0.2) is 0 Å². The van der Waals surface area contributed by atoms with Crippen molar-refractivity contribution in [3.8, 4) is 33.6 Å². The second kappa shape index (κ2) is 21.0. The molecule has 10 aromatic rings. The fraction of sp³-hybridized carbons (Fsp3) is 0.273. The molecule has 0 atom stereocenters. The van der Waals surface area contributed by atoms with Crippen molar-refractivity contribution < 1.29 is 27.9 Å². The SMILES string of the molecule is CC1(C)OB(B2OC(C)(C)C(C)(C)O2)OC1(C)C.CC1(C)OB(c2ccc3c(c2)c2c(Cl)cccc2n3-c2cccc(-c3ccccc3)c2)OC1(C)C.Clc1cccc2c1c1cc(Br)ccc1n2-c1cccc(-c2ccccc2)c1. The molecule has 0 aliphatic carbocycles. The lowest BCUT2D eigenvalue weighted by atomic mass is 9.49. The Bertz CT molecular complexity index is 3870. The highest BCUT2D eigenvalue weighted by Crippen LogP contribution is 2.44. The van der Waals surface area contributed by atoms with E-state index in [1.807, 2.05) is 91.8 Å². The average Bonchev–Trinajstić information content (AvgIpc) is 4.14. The number of hydrogen-bond donors (Lipinski definition) is 0. The summed E-state index contributed by atoms with van der Waals surface area (Å²) < 4.78 is 42.1. The zero-order valence-electron chi connectivity index (χ0n) is 47.5. The molecule has 13 rings (SSSR count). The second-order valence-corrected chi connectivity index (χ2v) is 25.8. The van der Waals surface area contributed by atoms with Crippen LogP contribution in [0.25, 0.3) is 77.2 Å². The van der Waals surface area contributed by atoms with Crippen LogP contribution in [0.15, 0.2) is 186 Å². The molecule has 3 saturated heterocycles. The van der Waals surface area contributed by atoms with Gasteiger partial charge in [-0.2, -0.15) is 0 Å². The molecule has 14 heteroatoms. The van der Waals surface area contributed by atoms with Crippen LogP contribution in [0.3, 0.4) is 0 Å². The molecule has 5 heterocycles. The molecule has 0 amide bonds. The van der Waals surface area contributed by atoms with Crippen molar-refractivity contribution in [1.82, 2.24) is 9.13 Å².